The molecule has 0 saturated carbocycles. The maximum Gasteiger partial charge on any atom is 0.251 e. The van der Waals surface area contributed by atoms with Gasteiger partial charge in [-0.1, -0.05) is 11.6 Å². The maximum absolute atomic E-state index is 12.7. The summed E-state index contributed by atoms with van der Waals surface area (Å²) in [5.74, 6) is 2.61. The van der Waals surface area contributed by atoms with E-state index in [4.69, 9.17) is 11.6 Å². The van der Waals surface area contributed by atoms with E-state index in [2.05, 4.69) is 26.9 Å². The summed E-state index contributed by atoms with van der Waals surface area (Å²) in [4.78, 5) is 17.6. The number of likely N-dealkylation sites (tertiary alicyclic amines) is 1. The highest BCUT2D eigenvalue weighted by Crippen LogP contribution is 2.30. The third-order valence-corrected chi connectivity index (χ3v) is 7.58. The normalized spacial score (nSPS) is 22.9. The van der Waals surface area contributed by atoms with Crippen molar-refractivity contribution in [1.82, 2.24) is 10.2 Å². The van der Waals surface area contributed by atoms with E-state index in [1.807, 2.05) is 18.2 Å². The summed E-state index contributed by atoms with van der Waals surface area (Å²) in [5, 5.41) is 3.92. The standard InChI is InChI=1S/C21H30ClN3OS/c22-19-15-16(3-4-20(19)25-9-1-2-10-25)21(26)23-17-5-11-24(12-6-17)18-7-13-27-14-8-18/h3-4,15,17-18H,1-2,5-14H2,(H,23,26). The zero-order valence-electron chi connectivity index (χ0n) is 16.0. The first kappa shape index (κ1) is 19.4. The molecule has 148 valence electrons. The van der Waals surface area contributed by atoms with Crippen LogP contribution in [-0.2, 0) is 0 Å². The number of carbonyl (C=O) groups excluding carboxylic acids is 1. The van der Waals surface area contributed by atoms with Gasteiger partial charge >= 0.3 is 0 Å². The van der Waals surface area contributed by atoms with Gasteiger partial charge in [0.25, 0.3) is 5.91 Å². The van der Waals surface area contributed by atoms with Gasteiger partial charge in [-0.3, -0.25) is 4.79 Å². The minimum atomic E-state index is 0.0115. The first-order chi connectivity index (χ1) is 13.2. The van der Waals surface area contributed by atoms with Gasteiger partial charge in [0.1, 0.15) is 0 Å². The molecular formula is C21H30ClN3OS. The number of thioether (sulfide) groups is 1. The zero-order valence-corrected chi connectivity index (χ0v) is 17.5. The maximum atomic E-state index is 12.7. The highest BCUT2D eigenvalue weighted by atomic mass is 35.5. The fourth-order valence-corrected chi connectivity index (χ4v) is 5.97. The molecular weight excluding hydrogens is 378 g/mol. The summed E-state index contributed by atoms with van der Waals surface area (Å²) in [6.07, 6.45) is 7.19. The molecule has 0 spiro atoms. The Morgan fingerprint density at radius 2 is 1.74 bits per heavy atom. The number of rotatable bonds is 4. The molecule has 3 saturated heterocycles. The lowest BCUT2D eigenvalue weighted by molar-refractivity contribution is 0.0886. The molecule has 4 rings (SSSR count). The Labute approximate surface area is 172 Å². The second-order valence-corrected chi connectivity index (χ2v) is 9.62. The number of hydrogen-bond donors (Lipinski definition) is 1. The fraction of sp³-hybridized carbons (Fsp3) is 0.667. The molecule has 0 aromatic heterocycles. The SMILES string of the molecule is O=C(NC1CCN(C2CCSCC2)CC1)c1ccc(N2CCCC2)c(Cl)c1. The number of halogens is 1. The van der Waals surface area contributed by atoms with E-state index in [9.17, 15) is 4.79 Å². The number of amides is 1. The first-order valence-corrected chi connectivity index (χ1v) is 11.9. The van der Waals surface area contributed by atoms with Crippen molar-refractivity contribution in [1.29, 1.82) is 0 Å². The number of nitrogens with zero attached hydrogens (tertiary/aromatic N) is 2. The quantitative estimate of drug-likeness (QED) is 0.817. The molecule has 0 aliphatic carbocycles. The minimum Gasteiger partial charge on any atom is -0.370 e. The molecule has 1 aromatic rings. The van der Waals surface area contributed by atoms with Gasteiger partial charge in [0.05, 0.1) is 10.7 Å². The van der Waals surface area contributed by atoms with E-state index in [-0.39, 0.29) is 11.9 Å². The molecule has 0 radical (unpaired) electrons. The van der Waals surface area contributed by atoms with Gasteiger partial charge in [0, 0.05) is 43.8 Å². The Hall–Kier alpha value is -0.910. The molecule has 1 N–H and O–H groups in total. The van der Waals surface area contributed by atoms with E-state index in [0.29, 0.717) is 10.6 Å². The van der Waals surface area contributed by atoms with E-state index < -0.39 is 0 Å². The Morgan fingerprint density at radius 3 is 2.41 bits per heavy atom. The topological polar surface area (TPSA) is 35.6 Å². The number of hydrogen-bond acceptors (Lipinski definition) is 4. The number of anilines is 1. The Balaban J connectivity index is 1.29. The van der Waals surface area contributed by atoms with Gasteiger partial charge in [0.15, 0.2) is 0 Å². The monoisotopic (exact) mass is 407 g/mol. The molecule has 3 heterocycles. The van der Waals surface area contributed by atoms with Gasteiger partial charge in [-0.25, -0.2) is 0 Å². The van der Waals surface area contributed by atoms with Crippen molar-refractivity contribution < 1.29 is 4.79 Å². The summed E-state index contributed by atoms with van der Waals surface area (Å²) in [5.41, 5.74) is 1.74. The fourth-order valence-electron chi connectivity index (χ4n) is 4.59. The van der Waals surface area contributed by atoms with Crippen LogP contribution in [0.3, 0.4) is 0 Å². The van der Waals surface area contributed by atoms with Crippen LogP contribution in [0.15, 0.2) is 18.2 Å². The molecule has 3 aliphatic heterocycles. The molecule has 3 aliphatic rings. The summed E-state index contributed by atoms with van der Waals surface area (Å²) in [6, 6.07) is 6.80. The third kappa shape index (κ3) is 4.75. The van der Waals surface area contributed by atoms with E-state index in [1.54, 1.807) is 0 Å². The highest BCUT2D eigenvalue weighted by Gasteiger charge is 2.27. The van der Waals surface area contributed by atoms with Gasteiger partial charge < -0.3 is 15.1 Å². The lowest BCUT2D eigenvalue weighted by Gasteiger charge is -2.39. The molecule has 4 nitrogen and oxygen atoms in total. The molecule has 0 unspecified atom stereocenters. The van der Waals surface area contributed by atoms with Crippen molar-refractivity contribution >= 4 is 35.0 Å². The predicted molar refractivity (Wildman–Crippen MR) is 115 cm³/mol. The van der Waals surface area contributed by atoms with Gasteiger partial charge in [0.2, 0.25) is 0 Å². The summed E-state index contributed by atoms with van der Waals surface area (Å²) in [7, 11) is 0. The van der Waals surface area contributed by atoms with Crippen molar-refractivity contribution in [3.8, 4) is 0 Å². The first-order valence-electron chi connectivity index (χ1n) is 10.4. The number of nitrogens with one attached hydrogen (secondary N) is 1. The third-order valence-electron chi connectivity index (χ3n) is 6.23. The van der Waals surface area contributed by atoms with Crippen molar-refractivity contribution in [2.45, 2.75) is 50.6 Å². The van der Waals surface area contributed by atoms with Crippen molar-refractivity contribution in [2.75, 3.05) is 42.6 Å². The molecule has 1 amide bonds. The van der Waals surface area contributed by atoms with Crippen molar-refractivity contribution in [3.05, 3.63) is 28.8 Å². The number of carbonyl (C=O) groups is 1. The van der Waals surface area contributed by atoms with E-state index in [1.165, 1.54) is 37.2 Å². The lowest BCUT2D eigenvalue weighted by Crippen LogP contribution is -2.48. The Kier molecular flexibility index (Phi) is 6.51. The van der Waals surface area contributed by atoms with Crippen LogP contribution < -0.4 is 10.2 Å². The lowest BCUT2D eigenvalue weighted by atomic mass is 10.0. The zero-order chi connectivity index (χ0) is 18.6. The average Bonchev–Trinajstić information content (AvgIpc) is 3.23. The Morgan fingerprint density at radius 1 is 1.04 bits per heavy atom. The largest absolute Gasteiger partial charge is 0.370 e. The van der Waals surface area contributed by atoms with Crippen LogP contribution in [0.2, 0.25) is 5.02 Å². The van der Waals surface area contributed by atoms with Crippen molar-refractivity contribution in [2.24, 2.45) is 0 Å². The molecule has 1 aromatic carbocycles. The predicted octanol–water partition coefficient (Wildman–Crippen LogP) is 4.03. The average molecular weight is 408 g/mol. The van der Waals surface area contributed by atoms with E-state index in [0.717, 1.165) is 50.7 Å². The van der Waals surface area contributed by atoms with Crippen LogP contribution >= 0.6 is 23.4 Å². The second-order valence-electron chi connectivity index (χ2n) is 7.99. The van der Waals surface area contributed by atoms with Crippen LogP contribution in [-0.4, -0.2) is 60.6 Å². The number of piperidine rings is 1. The molecule has 0 bridgehead atoms. The Bertz CT molecular complexity index is 651. The summed E-state index contributed by atoms with van der Waals surface area (Å²) in [6.45, 7) is 4.33. The van der Waals surface area contributed by atoms with Crippen LogP contribution in [0.1, 0.15) is 48.9 Å². The minimum absolute atomic E-state index is 0.0115. The molecule has 27 heavy (non-hydrogen) atoms. The van der Waals surface area contributed by atoms with Crippen LogP contribution in [0, 0.1) is 0 Å². The number of benzene rings is 1. The smallest absolute Gasteiger partial charge is 0.251 e. The van der Waals surface area contributed by atoms with Gasteiger partial charge in [-0.05, 0) is 68.2 Å². The van der Waals surface area contributed by atoms with Crippen LogP contribution in [0.5, 0.6) is 0 Å². The van der Waals surface area contributed by atoms with E-state index >= 15 is 0 Å². The molecule has 0 atom stereocenters. The van der Waals surface area contributed by atoms with Crippen molar-refractivity contribution in [3.63, 3.8) is 0 Å². The van der Waals surface area contributed by atoms with Crippen LogP contribution in [0.4, 0.5) is 5.69 Å². The highest BCUT2D eigenvalue weighted by molar-refractivity contribution is 7.99. The second kappa shape index (κ2) is 9.06. The molecule has 6 heteroatoms. The van der Waals surface area contributed by atoms with Crippen LogP contribution in [0.25, 0.3) is 0 Å². The summed E-state index contributed by atoms with van der Waals surface area (Å²) < 4.78 is 0. The van der Waals surface area contributed by atoms with Gasteiger partial charge in [-0.2, -0.15) is 11.8 Å². The summed E-state index contributed by atoms with van der Waals surface area (Å²) >= 11 is 8.55. The van der Waals surface area contributed by atoms with Gasteiger partial charge in [-0.15, -0.1) is 0 Å². The molecule has 3 fully saturated rings.